The van der Waals surface area contributed by atoms with Crippen LogP contribution in [0.25, 0.3) is 0 Å². The van der Waals surface area contributed by atoms with Crippen molar-refractivity contribution in [3.8, 4) is 0 Å². The highest BCUT2D eigenvalue weighted by molar-refractivity contribution is 6.01. The summed E-state index contributed by atoms with van der Waals surface area (Å²) in [5.74, 6) is 0.621. The van der Waals surface area contributed by atoms with Gasteiger partial charge in [-0.25, -0.2) is 0 Å². The average molecular weight is 250 g/mol. The van der Waals surface area contributed by atoms with Gasteiger partial charge in [-0.1, -0.05) is 26.0 Å². The predicted octanol–water partition coefficient (Wildman–Crippen LogP) is 1.19. The van der Waals surface area contributed by atoms with Gasteiger partial charge in [-0.2, -0.15) is 0 Å². The van der Waals surface area contributed by atoms with Crippen molar-refractivity contribution >= 4 is 5.84 Å². The number of aliphatic imine (C=N–C) groups is 1. The molecule has 4 nitrogen and oxygen atoms in total. The lowest BCUT2D eigenvalue weighted by Crippen LogP contribution is -2.31. The lowest BCUT2D eigenvalue weighted by atomic mass is 9.93. The molecule has 1 aliphatic carbocycles. The van der Waals surface area contributed by atoms with E-state index in [1.165, 1.54) is 0 Å². The van der Waals surface area contributed by atoms with Gasteiger partial charge in [-0.3, -0.25) is 4.99 Å². The molecule has 0 saturated carbocycles. The highest BCUT2D eigenvalue weighted by atomic mass is 14.9. The second-order valence-corrected chi connectivity index (χ2v) is 5.52. The summed E-state index contributed by atoms with van der Waals surface area (Å²) in [6, 6.07) is 0. The number of nitrogens with one attached hydrogen (secondary N) is 1. The van der Waals surface area contributed by atoms with E-state index in [0.717, 1.165) is 37.1 Å². The van der Waals surface area contributed by atoms with Gasteiger partial charge in [0.05, 0.1) is 0 Å². The number of nitrogens with zero attached hydrogens (tertiary/aromatic N) is 1. The molecule has 0 aromatic heterocycles. The number of allylic oxidation sites excluding steroid dienone is 2. The summed E-state index contributed by atoms with van der Waals surface area (Å²) < 4.78 is 0. The number of hydrogen-bond donors (Lipinski definition) is 3. The number of amidine groups is 1. The Bertz CT molecular complexity index is 364. The van der Waals surface area contributed by atoms with E-state index in [1.54, 1.807) is 0 Å². The molecule has 0 aliphatic heterocycles. The lowest BCUT2D eigenvalue weighted by Gasteiger charge is -2.22. The van der Waals surface area contributed by atoms with Crippen molar-refractivity contribution in [3.05, 3.63) is 23.3 Å². The van der Waals surface area contributed by atoms with Crippen LogP contribution in [-0.2, 0) is 0 Å². The van der Waals surface area contributed by atoms with Crippen molar-refractivity contribution in [2.75, 3.05) is 26.7 Å². The molecule has 0 heterocycles. The Hall–Kier alpha value is -1.13. The number of nitrogens with two attached hydrogens (primary N) is 2. The normalized spacial score (nSPS) is 17.4. The summed E-state index contributed by atoms with van der Waals surface area (Å²) in [4.78, 5) is 4.53. The highest BCUT2D eigenvalue weighted by Gasteiger charge is 2.17. The minimum atomic E-state index is 0.112. The first kappa shape index (κ1) is 14.9. The zero-order valence-electron chi connectivity index (χ0n) is 11.8. The first-order valence-electron chi connectivity index (χ1n) is 6.54. The van der Waals surface area contributed by atoms with Crippen LogP contribution in [-0.4, -0.2) is 32.5 Å². The molecule has 0 radical (unpaired) electrons. The Morgan fingerprint density at radius 2 is 2.06 bits per heavy atom. The maximum absolute atomic E-state index is 6.08. The van der Waals surface area contributed by atoms with Crippen molar-refractivity contribution in [2.45, 2.75) is 26.7 Å². The van der Waals surface area contributed by atoms with Gasteiger partial charge in [0.1, 0.15) is 5.84 Å². The fourth-order valence-electron chi connectivity index (χ4n) is 2.11. The largest absolute Gasteiger partial charge is 0.384 e. The molecule has 0 saturated heterocycles. The first-order chi connectivity index (χ1) is 8.50. The van der Waals surface area contributed by atoms with E-state index >= 15 is 0 Å². The lowest BCUT2D eigenvalue weighted by molar-refractivity contribution is 0.366. The van der Waals surface area contributed by atoms with Gasteiger partial charge in [-0.15, -0.1) is 0 Å². The molecule has 0 spiro atoms. The van der Waals surface area contributed by atoms with Crippen LogP contribution in [0.4, 0.5) is 0 Å². The molecular formula is C14H26N4. The van der Waals surface area contributed by atoms with Gasteiger partial charge < -0.3 is 16.8 Å². The van der Waals surface area contributed by atoms with Crippen molar-refractivity contribution in [3.63, 3.8) is 0 Å². The maximum Gasteiger partial charge on any atom is 0.125 e. The minimum absolute atomic E-state index is 0.112. The molecule has 5 N–H and O–H groups in total. The van der Waals surface area contributed by atoms with Crippen molar-refractivity contribution < 1.29 is 0 Å². The van der Waals surface area contributed by atoms with Gasteiger partial charge >= 0.3 is 0 Å². The van der Waals surface area contributed by atoms with Crippen LogP contribution in [0, 0.1) is 5.41 Å². The van der Waals surface area contributed by atoms with E-state index in [2.05, 4.69) is 36.3 Å². The SMILES string of the molecule is CNCC(C)(C)CN=C(N)C1=CCCC=C1CN. The zero-order valence-corrected chi connectivity index (χ0v) is 11.8. The third-order valence-electron chi connectivity index (χ3n) is 3.08. The molecule has 18 heavy (non-hydrogen) atoms. The quantitative estimate of drug-likeness (QED) is 0.489. The summed E-state index contributed by atoms with van der Waals surface area (Å²) in [5.41, 5.74) is 14.1. The molecule has 0 unspecified atom stereocenters. The van der Waals surface area contributed by atoms with Crippen LogP contribution < -0.4 is 16.8 Å². The standard InChI is InChI=1S/C14H26N4/c1-14(2,9-17-3)10-18-13(16)12-7-5-4-6-11(12)8-15/h6-7,17H,4-5,8-10,15H2,1-3H3,(H2,16,18). The van der Waals surface area contributed by atoms with E-state index in [0.29, 0.717) is 12.4 Å². The Balaban J connectivity index is 2.72. The molecule has 1 aliphatic rings. The monoisotopic (exact) mass is 250 g/mol. The maximum atomic E-state index is 6.08. The summed E-state index contributed by atoms with van der Waals surface area (Å²) >= 11 is 0. The fourth-order valence-corrected chi connectivity index (χ4v) is 2.11. The van der Waals surface area contributed by atoms with Crippen LogP contribution in [0.3, 0.4) is 0 Å². The molecule has 102 valence electrons. The highest BCUT2D eigenvalue weighted by Crippen LogP contribution is 2.19. The van der Waals surface area contributed by atoms with E-state index in [1.807, 2.05) is 7.05 Å². The third kappa shape index (κ3) is 4.27. The summed E-state index contributed by atoms with van der Waals surface area (Å²) in [6.07, 6.45) is 6.38. The second kappa shape index (κ2) is 6.71. The van der Waals surface area contributed by atoms with Crippen molar-refractivity contribution in [1.29, 1.82) is 0 Å². The summed E-state index contributed by atoms with van der Waals surface area (Å²) in [6.45, 7) is 6.52. The van der Waals surface area contributed by atoms with Gasteiger partial charge in [0.15, 0.2) is 0 Å². The third-order valence-corrected chi connectivity index (χ3v) is 3.08. The molecule has 0 fully saturated rings. The summed E-state index contributed by atoms with van der Waals surface area (Å²) in [7, 11) is 1.95. The van der Waals surface area contributed by atoms with Crippen LogP contribution in [0.5, 0.6) is 0 Å². The number of rotatable bonds is 6. The van der Waals surface area contributed by atoms with Crippen LogP contribution in [0.15, 0.2) is 28.3 Å². The van der Waals surface area contributed by atoms with Crippen molar-refractivity contribution in [2.24, 2.45) is 21.9 Å². The van der Waals surface area contributed by atoms with E-state index < -0.39 is 0 Å². The number of hydrogen-bond acceptors (Lipinski definition) is 3. The molecule has 0 bridgehead atoms. The first-order valence-corrected chi connectivity index (χ1v) is 6.54. The van der Waals surface area contributed by atoms with E-state index in [4.69, 9.17) is 11.5 Å². The van der Waals surface area contributed by atoms with Crippen LogP contribution >= 0.6 is 0 Å². The molecule has 0 amide bonds. The van der Waals surface area contributed by atoms with Crippen LogP contribution in [0.2, 0.25) is 0 Å². The van der Waals surface area contributed by atoms with Crippen molar-refractivity contribution in [1.82, 2.24) is 5.32 Å². The molecule has 1 rings (SSSR count). The van der Waals surface area contributed by atoms with E-state index in [-0.39, 0.29) is 5.41 Å². The Morgan fingerprint density at radius 3 is 2.67 bits per heavy atom. The minimum Gasteiger partial charge on any atom is -0.384 e. The Labute approximate surface area is 110 Å². The van der Waals surface area contributed by atoms with Crippen LogP contribution in [0.1, 0.15) is 26.7 Å². The van der Waals surface area contributed by atoms with Gasteiger partial charge in [0, 0.05) is 25.2 Å². The van der Waals surface area contributed by atoms with Gasteiger partial charge in [0.2, 0.25) is 0 Å². The smallest absolute Gasteiger partial charge is 0.125 e. The van der Waals surface area contributed by atoms with Gasteiger partial charge in [-0.05, 0) is 30.9 Å². The predicted molar refractivity (Wildman–Crippen MR) is 78.7 cm³/mol. The molecule has 0 atom stereocenters. The molecular weight excluding hydrogens is 224 g/mol. The molecule has 0 aromatic carbocycles. The Kier molecular flexibility index (Phi) is 5.56. The Morgan fingerprint density at radius 1 is 1.39 bits per heavy atom. The topological polar surface area (TPSA) is 76.4 Å². The van der Waals surface area contributed by atoms with Gasteiger partial charge in [0.25, 0.3) is 0 Å². The summed E-state index contributed by atoms with van der Waals surface area (Å²) in [5, 5.41) is 3.18. The second-order valence-electron chi connectivity index (χ2n) is 5.52. The van der Waals surface area contributed by atoms with E-state index in [9.17, 15) is 0 Å². The fraction of sp³-hybridized carbons (Fsp3) is 0.643. The average Bonchev–Trinajstić information content (AvgIpc) is 2.36. The molecule has 0 aromatic rings. The zero-order chi connectivity index (χ0) is 13.6. The molecule has 4 heteroatoms.